The Kier molecular flexibility index (Phi) is 7.62. The molecule has 2 aromatic rings. The highest BCUT2D eigenvalue weighted by molar-refractivity contribution is 8.36. The fourth-order valence-electron chi connectivity index (χ4n) is 4.16. The van der Waals surface area contributed by atoms with Crippen LogP contribution in [-0.4, -0.2) is 0 Å². The van der Waals surface area contributed by atoms with Gasteiger partial charge in [0.15, 0.2) is 0 Å². The molecule has 0 N–H and O–H groups in total. The monoisotopic (exact) mass is 676 g/mol. The topological polar surface area (TPSA) is 0 Å². The molecule has 5 heterocycles. The number of rotatable bonds is 2. The molecule has 0 fully saturated rings. The molecule has 0 aliphatic carbocycles. The summed E-state index contributed by atoms with van der Waals surface area (Å²) in [5, 5.41) is 2.97. The third kappa shape index (κ3) is 4.71. The summed E-state index contributed by atoms with van der Waals surface area (Å²) in [5.41, 5.74) is 0. The average molecular weight is 677 g/mol. The molecule has 0 unspecified atom stereocenters. The van der Waals surface area contributed by atoms with Gasteiger partial charge in [-0.3, -0.25) is 0 Å². The van der Waals surface area contributed by atoms with E-state index in [1.807, 2.05) is 47.0 Å². The smallest absolute Gasteiger partial charge is 0.102 e. The van der Waals surface area contributed by atoms with Crippen LogP contribution in [0.1, 0.15) is 27.7 Å². The number of allylic oxidation sites excluding steroid dienone is 4. The Balaban J connectivity index is 1.65. The van der Waals surface area contributed by atoms with Gasteiger partial charge < -0.3 is 0 Å². The van der Waals surface area contributed by atoms with Gasteiger partial charge in [0.2, 0.25) is 0 Å². The van der Waals surface area contributed by atoms with Gasteiger partial charge in [0.25, 0.3) is 0 Å². The second-order valence-electron chi connectivity index (χ2n) is 8.75. The molecule has 10 heteroatoms. The summed E-state index contributed by atoms with van der Waals surface area (Å²) >= 11 is 16.3. The van der Waals surface area contributed by atoms with Crippen molar-refractivity contribution < 1.29 is 0 Å². The van der Waals surface area contributed by atoms with Crippen molar-refractivity contribution in [1.82, 2.24) is 0 Å². The van der Waals surface area contributed by atoms with Gasteiger partial charge in [0, 0.05) is 10.6 Å². The molecule has 2 aromatic carbocycles. The van der Waals surface area contributed by atoms with Crippen LogP contribution in [0, 0.1) is 17.1 Å². The molecule has 192 valence electrons. The van der Waals surface area contributed by atoms with E-state index in [9.17, 15) is 0 Å². The van der Waals surface area contributed by atoms with Crippen LogP contribution < -0.4 is 7.69 Å². The molecule has 0 aromatic heterocycles. The van der Waals surface area contributed by atoms with E-state index in [0.717, 1.165) is 0 Å². The maximum absolute atomic E-state index is 2.37. The van der Waals surface area contributed by atoms with E-state index < -0.39 is 15.1 Å². The van der Waals surface area contributed by atoms with Crippen LogP contribution in [0.15, 0.2) is 80.3 Å². The lowest BCUT2D eigenvalue weighted by molar-refractivity contribution is 1.57. The van der Waals surface area contributed by atoms with E-state index in [1.165, 1.54) is 46.4 Å². The van der Waals surface area contributed by atoms with Crippen LogP contribution in [-0.2, 0) is 0 Å². The Hall–Kier alpha value is -0.240. The van der Waals surface area contributed by atoms with Gasteiger partial charge in [-0.15, -0.1) is 45.3 Å². The van der Waals surface area contributed by atoms with Crippen LogP contribution in [0.25, 0.3) is 19.1 Å². The van der Waals surface area contributed by atoms with Crippen LogP contribution >= 0.6 is 107 Å². The van der Waals surface area contributed by atoms with Gasteiger partial charge in [-0.2, -0.15) is 0 Å². The highest BCUT2D eigenvalue weighted by Crippen LogP contribution is 2.57. The van der Waals surface area contributed by atoms with Crippen molar-refractivity contribution in [3.05, 3.63) is 105 Å². The summed E-state index contributed by atoms with van der Waals surface area (Å²) in [6.45, 7) is 9.06. The molecule has 38 heavy (non-hydrogen) atoms. The van der Waals surface area contributed by atoms with Crippen LogP contribution in [0.2, 0.25) is 0 Å². The molecule has 7 rings (SSSR count). The molecule has 0 saturated carbocycles. The lowest BCUT2D eigenvalue weighted by Crippen LogP contribution is -1.87. The number of thioether (sulfide) groups is 4. The van der Waals surface area contributed by atoms with Crippen LogP contribution in [0.4, 0.5) is 0 Å². The quantitative estimate of drug-likeness (QED) is 0.182. The molecule has 0 saturated heterocycles. The summed E-state index contributed by atoms with van der Waals surface area (Å²) in [6.07, 6.45) is 0. The first-order valence-electron chi connectivity index (χ1n) is 11.9. The second kappa shape index (κ2) is 10.9. The maximum Gasteiger partial charge on any atom is 0.102 e. The van der Waals surface area contributed by atoms with Crippen LogP contribution in [0.5, 0.6) is 0 Å². The second-order valence-corrected chi connectivity index (χ2v) is 24.1. The van der Waals surface area contributed by atoms with Gasteiger partial charge in [-0.25, -0.2) is 0 Å². The Morgan fingerprint density at radius 3 is 1.00 bits per heavy atom. The molecule has 0 atom stereocenters. The van der Waals surface area contributed by atoms with Crippen molar-refractivity contribution in [2.24, 2.45) is 0 Å². The van der Waals surface area contributed by atoms with Crippen molar-refractivity contribution in [3.8, 4) is 10.6 Å². The number of benzene rings is 2. The van der Waals surface area contributed by atoms with E-state index in [2.05, 4.69) is 134 Å². The fourth-order valence-corrected chi connectivity index (χ4v) is 25.6. The van der Waals surface area contributed by atoms with Crippen molar-refractivity contribution >= 4 is 116 Å². The predicted molar refractivity (Wildman–Crippen MR) is 187 cm³/mol. The summed E-state index contributed by atoms with van der Waals surface area (Å²) < 4.78 is 12.5. The highest BCUT2D eigenvalue weighted by Gasteiger charge is 2.22. The van der Waals surface area contributed by atoms with E-state index in [1.54, 1.807) is 17.1 Å². The van der Waals surface area contributed by atoms with Crippen LogP contribution in [0.3, 0.4) is 0 Å². The predicted octanol–water partition coefficient (Wildman–Crippen LogP) is 12.1. The van der Waals surface area contributed by atoms with E-state index in [-0.39, 0.29) is 0 Å². The highest BCUT2D eigenvalue weighted by atomic mass is 32.2. The van der Waals surface area contributed by atoms with E-state index >= 15 is 0 Å². The van der Waals surface area contributed by atoms with E-state index in [4.69, 9.17) is 0 Å². The largest absolute Gasteiger partial charge is 0.117 e. The summed E-state index contributed by atoms with van der Waals surface area (Å²) in [5.74, 6) is 0. The lowest BCUT2D eigenvalue weighted by atomic mass is 10.4. The van der Waals surface area contributed by atoms with E-state index in [0.29, 0.717) is 0 Å². The van der Waals surface area contributed by atoms with Gasteiger partial charge in [0.1, 0.15) is 7.69 Å². The number of hydrogen-bond donors (Lipinski definition) is 0. The summed E-state index contributed by atoms with van der Waals surface area (Å²) in [6, 6.07) is 22.7. The summed E-state index contributed by atoms with van der Waals surface area (Å²) in [7, 11) is -1.13. The van der Waals surface area contributed by atoms with Gasteiger partial charge in [-0.05, 0) is 47.3 Å². The Bertz CT molecular complexity index is 1810. The lowest BCUT2D eigenvalue weighted by Gasteiger charge is -2.08. The average Bonchev–Trinajstić information content (AvgIpc) is 3.70. The third-order valence-electron chi connectivity index (χ3n) is 6.27. The maximum atomic E-state index is 2.37. The van der Waals surface area contributed by atoms with Gasteiger partial charge >= 0.3 is 0 Å². The van der Waals surface area contributed by atoms with Crippen molar-refractivity contribution in [3.63, 3.8) is 0 Å². The minimum atomic E-state index is -0.564. The van der Waals surface area contributed by atoms with Gasteiger partial charge in [0.05, 0.1) is 25.5 Å². The first-order chi connectivity index (χ1) is 18.5. The zero-order chi connectivity index (χ0) is 26.0. The molecule has 0 bridgehead atoms. The fraction of sp³-hybridized carbons (Fsp3) is 0.143. The zero-order valence-electron chi connectivity index (χ0n) is 20.9. The molecular formula is C28H22P2S8. The van der Waals surface area contributed by atoms with Crippen molar-refractivity contribution in [2.45, 2.75) is 27.7 Å². The third-order valence-corrected chi connectivity index (χ3v) is 25.4. The molecular weight excluding hydrogens is 655 g/mol. The Morgan fingerprint density at radius 1 is 0.421 bits per heavy atom. The minimum absolute atomic E-state index is 0.564. The zero-order valence-corrected chi connectivity index (χ0v) is 29.3. The minimum Gasteiger partial charge on any atom is -0.117 e. The SMILES string of the molecule is CC1=C(C)SC(=c2sc3p(-c4ccccc4)c4sc(=C5SC(C)=C(C)S5)sc=4p(-c4ccccc4)c=3s2)S1. The van der Waals surface area contributed by atoms with Crippen molar-refractivity contribution in [1.29, 1.82) is 0 Å². The van der Waals surface area contributed by atoms with Crippen molar-refractivity contribution in [2.75, 3.05) is 0 Å². The number of hydrogen-bond acceptors (Lipinski definition) is 8. The summed E-state index contributed by atoms with van der Waals surface area (Å²) in [4.78, 5) is 5.81. The first kappa shape index (κ1) is 26.6. The Labute approximate surface area is 256 Å². The standard InChI is InChI=1S/C28H22P2S8/c1-15-16(2)32-25(31-15)27-35-21-22(36-27)30(20-13-9-6-10-14-20)24-23(29(21)19-11-7-5-8-12-19)37-28(38-24)26-33-17(3)18(4)34-26/h5-14H,1-4H3. The van der Waals surface area contributed by atoms with Gasteiger partial charge in [-0.1, -0.05) is 123 Å². The normalized spacial score (nSPS) is 17.2. The molecule has 5 aliphatic heterocycles. The molecule has 0 radical (unpaired) electrons. The molecule has 0 amide bonds. The first-order valence-corrected chi connectivity index (χ1v) is 21.1. The molecule has 0 spiro atoms. The molecule has 5 aliphatic rings. The Morgan fingerprint density at radius 2 is 0.711 bits per heavy atom. The molecule has 0 nitrogen and oxygen atoms in total.